The first-order chi connectivity index (χ1) is 7.36. The molecule has 0 bridgehead atoms. The predicted molar refractivity (Wildman–Crippen MR) is 62.5 cm³/mol. The normalized spacial score (nSPS) is 12.1. The molecular weight excluding hydrogens is 188 g/mol. The van der Waals surface area contributed by atoms with Gasteiger partial charge in [0.2, 0.25) is 0 Å². The molecule has 3 nitrogen and oxygen atoms in total. The molecule has 0 N–H and O–H groups in total. The SMILES string of the molecule is C/C=C\c1oc2cccnc2c1/N=C\C. The molecule has 0 aliphatic rings. The van der Waals surface area contributed by atoms with E-state index in [-0.39, 0.29) is 0 Å². The van der Waals surface area contributed by atoms with Crippen molar-refractivity contribution in [2.45, 2.75) is 13.8 Å². The summed E-state index contributed by atoms with van der Waals surface area (Å²) in [6, 6.07) is 3.74. The number of allylic oxidation sites excluding steroid dienone is 1. The van der Waals surface area contributed by atoms with Gasteiger partial charge in [0, 0.05) is 12.4 Å². The quantitative estimate of drug-likeness (QED) is 0.695. The highest BCUT2D eigenvalue weighted by Gasteiger charge is 2.10. The summed E-state index contributed by atoms with van der Waals surface area (Å²) in [5.74, 6) is 0.754. The largest absolute Gasteiger partial charge is 0.453 e. The highest BCUT2D eigenvalue weighted by atomic mass is 16.3. The Hall–Kier alpha value is -1.90. The lowest BCUT2D eigenvalue weighted by Crippen LogP contribution is -1.71. The summed E-state index contributed by atoms with van der Waals surface area (Å²) in [5.41, 5.74) is 2.38. The van der Waals surface area contributed by atoms with Crippen LogP contribution in [-0.4, -0.2) is 11.2 Å². The Morgan fingerprint density at radius 3 is 3.00 bits per heavy atom. The molecule has 0 fully saturated rings. The number of furan rings is 1. The van der Waals surface area contributed by atoms with Crippen molar-refractivity contribution in [1.29, 1.82) is 0 Å². The van der Waals surface area contributed by atoms with Crippen molar-refractivity contribution >= 4 is 29.1 Å². The monoisotopic (exact) mass is 200 g/mol. The van der Waals surface area contributed by atoms with Crippen molar-refractivity contribution in [3.8, 4) is 0 Å². The van der Waals surface area contributed by atoms with Crippen molar-refractivity contribution < 1.29 is 4.42 Å². The fourth-order valence-electron chi connectivity index (χ4n) is 1.45. The number of rotatable bonds is 2. The first-order valence-corrected chi connectivity index (χ1v) is 4.85. The van der Waals surface area contributed by atoms with Crippen LogP contribution in [-0.2, 0) is 0 Å². The Labute approximate surface area is 88.2 Å². The molecule has 0 spiro atoms. The van der Waals surface area contributed by atoms with Gasteiger partial charge in [-0.05, 0) is 32.1 Å². The van der Waals surface area contributed by atoms with Crippen molar-refractivity contribution in [3.05, 3.63) is 30.2 Å². The molecule has 0 unspecified atom stereocenters. The predicted octanol–water partition coefficient (Wildman–Crippen LogP) is 3.58. The second-order valence-electron chi connectivity index (χ2n) is 3.05. The zero-order valence-electron chi connectivity index (χ0n) is 8.77. The number of fused-ring (bicyclic) bond motifs is 1. The van der Waals surface area contributed by atoms with Crippen molar-refractivity contribution in [2.24, 2.45) is 4.99 Å². The van der Waals surface area contributed by atoms with E-state index in [0.717, 1.165) is 22.5 Å². The van der Waals surface area contributed by atoms with Crippen LogP contribution in [0.5, 0.6) is 0 Å². The summed E-state index contributed by atoms with van der Waals surface area (Å²) in [7, 11) is 0. The van der Waals surface area contributed by atoms with E-state index in [9.17, 15) is 0 Å². The maximum absolute atomic E-state index is 5.63. The molecule has 2 aromatic rings. The molecule has 15 heavy (non-hydrogen) atoms. The zero-order valence-corrected chi connectivity index (χ0v) is 8.77. The number of aliphatic imine (C=N–C) groups is 1. The van der Waals surface area contributed by atoms with Crippen LogP contribution in [0.2, 0.25) is 0 Å². The molecule has 0 aliphatic carbocycles. The maximum Gasteiger partial charge on any atom is 0.155 e. The average Bonchev–Trinajstić information content (AvgIpc) is 2.59. The minimum atomic E-state index is 0.754. The van der Waals surface area contributed by atoms with Crippen LogP contribution >= 0.6 is 0 Å². The number of aromatic nitrogens is 1. The van der Waals surface area contributed by atoms with E-state index in [1.165, 1.54) is 0 Å². The van der Waals surface area contributed by atoms with Crippen LogP contribution in [0.4, 0.5) is 5.69 Å². The minimum Gasteiger partial charge on any atom is -0.453 e. The van der Waals surface area contributed by atoms with Crippen molar-refractivity contribution in [3.63, 3.8) is 0 Å². The molecule has 0 atom stereocenters. The zero-order chi connectivity index (χ0) is 10.7. The van der Waals surface area contributed by atoms with Crippen LogP contribution in [0.1, 0.15) is 19.6 Å². The summed E-state index contributed by atoms with van der Waals surface area (Å²) >= 11 is 0. The molecule has 3 heteroatoms. The van der Waals surface area contributed by atoms with E-state index in [1.807, 2.05) is 38.1 Å². The lowest BCUT2D eigenvalue weighted by atomic mass is 10.3. The first kappa shape index (κ1) is 9.65. The second kappa shape index (κ2) is 4.09. The lowest BCUT2D eigenvalue weighted by Gasteiger charge is -1.88. The molecule has 0 saturated heterocycles. The summed E-state index contributed by atoms with van der Waals surface area (Å²) in [6.45, 7) is 3.82. The van der Waals surface area contributed by atoms with E-state index < -0.39 is 0 Å². The highest BCUT2D eigenvalue weighted by Crippen LogP contribution is 2.32. The van der Waals surface area contributed by atoms with Gasteiger partial charge in [-0.15, -0.1) is 0 Å². The summed E-state index contributed by atoms with van der Waals surface area (Å²) < 4.78 is 5.63. The molecular formula is C12H12N2O. The van der Waals surface area contributed by atoms with Crippen molar-refractivity contribution in [1.82, 2.24) is 4.98 Å². The van der Waals surface area contributed by atoms with Crippen LogP contribution < -0.4 is 0 Å². The van der Waals surface area contributed by atoms with E-state index in [1.54, 1.807) is 12.4 Å². The molecule has 76 valence electrons. The Balaban J connectivity index is 2.74. The van der Waals surface area contributed by atoms with E-state index in [2.05, 4.69) is 9.98 Å². The molecule has 2 heterocycles. The third kappa shape index (κ3) is 1.68. The number of pyridine rings is 1. The molecule has 0 aliphatic heterocycles. The minimum absolute atomic E-state index is 0.754. The van der Waals surface area contributed by atoms with Gasteiger partial charge in [0.15, 0.2) is 11.3 Å². The maximum atomic E-state index is 5.63. The van der Waals surface area contributed by atoms with Crippen LogP contribution in [0.25, 0.3) is 17.2 Å². The fourth-order valence-corrected chi connectivity index (χ4v) is 1.45. The van der Waals surface area contributed by atoms with E-state index in [0.29, 0.717) is 0 Å². The summed E-state index contributed by atoms with van der Waals surface area (Å²) in [4.78, 5) is 8.54. The number of hydrogen-bond donors (Lipinski definition) is 0. The fraction of sp³-hybridized carbons (Fsp3) is 0.167. The van der Waals surface area contributed by atoms with Gasteiger partial charge >= 0.3 is 0 Å². The molecule has 2 rings (SSSR count). The number of nitrogens with zero attached hydrogens (tertiary/aromatic N) is 2. The molecule has 0 radical (unpaired) electrons. The van der Waals surface area contributed by atoms with Crippen LogP contribution in [0.15, 0.2) is 33.8 Å². The van der Waals surface area contributed by atoms with Gasteiger partial charge in [-0.25, -0.2) is 0 Å². The molecule has 2 aromatic heterocycles. The van der Waals surface area contributed by atoms with Gasteiger partial charge in [0.05, 0.1) is 0 Å². The molecule has 0 amide bonds. The molecule has 0 saturated carbocycles. The third-order valence-electron chi connectivity index (χ3n) is 2.02. The van der Waals surface area contributed by atoms with Crippen molar-refractivity contribution in [2.75, 3.05) is 0 Å². The summed E-state index contributed by atoms with van der Waals surface area (Å²) in [5, 5.41) is 0. The van der Waals surface area contributed by atoms with E-state index in [4.69, 9.17) is 4.42 Å². The van der Waals surface area contributed by atoms with Gasteiger partial charge in [-0.1, -0.05) is 6.08 Å². The third-order valence-corrected chi connectivity index (χ3v) is 2.02. The van der Waals surface area contributed by atoms with E-state index >= 15 is 0 Å². The summed E-state index contributed by atoms with van der Waals surface area (Å²) in [6.07, 6.45) is 7.30. The highest BCUT2D eigenvalue weighted by molar-refractivity contribution is 5.91. The van der Waals surface area contributed by atoms with Gasteiger partial charge in [0.25, 0.3) is 0 Å². The average molecular weight is 200 g/mol. The standard InChI is InChI=1S/C12H12N2O/c1-3-6-9-11(13-4-2)12-10(15-9)7-5-8-14-12/h3-8H,1-2H3/b6-3-,13-4-. The van der Waals surface area contributed by atoms with Crippen LogP contribution in [0.3, 0.4) is 0 Å². The lowest BCUT2D eigenvalue weighted by molar-refractivity contribution is 0.604. The van der Waals surface area contributed by atoms with Crippen LogP contribution in [0, 0.1) is 0 Å². The molecule has 0 aromatic carbocycles. The van der Waals surface area contributed by atoms with Gasteiger partial charge in [0.1, 0.15) is 11.2 Å². The Morgan fingerprint density at radius 1 is 1.40 bits per heavy atom. The van der Waals surface area contributed by atoms with Gasteiger partial charge in [-0.2, -0.15) is 0 Å². The Bertz CT molecular complexity index is 523. The smallest absolute Gasteiger partial charge is 0.155 e. The second-order valence-corrected chi connectivity index (χ2v) is 3.05. The Morgan fingerprint density at radius 2 is 2.27 bits per heavy atom. The number of hydrogen-bond acceptors (Lipinski definition) is 3. The Kier molecular flexibility index (Phi) is 2.63. The topological polar surface area (TPSA) is 38.4 Å². The van der Waals surface area contributed by atoms with Gasteiger partial charge < -0.3 is 4.42 Å². The first-order valence-electron chi connectivity index (χ1n) is 4.85. The van der Waals surface area contributed by atoms with Gasteiger partial charge in [-0.3, -0.25) is 9.98 Å².